The Morgan fingerprint density at radius 3 is 1.14 bits per heavy atom. The molecule has 8 atom stereocenters. The Morgan fingerprint density at radius 2 is 0.736 bits per heavy atom. The molecule has 14 rings (SSSR count). The fraction of sp³-hybridized carbons (Fsp3) is 0.590. The van der Waals surface area contributed by atoms with Crippen LogP contribution in [0.5, 0.6) is 5.75 Å². The number of methoxy groups -OCH3 is 1. The maximum Gasteiger partial charge on any atom is 0.146 e. The van der Waals surface area contributed by atoms with E-state index in [-0.39, 0.29) is 19.0 Å². The van der Waals surface area contributed by atoms with Crippen molar-refractivity contribution in [1.82, 2.24) is 36.8 Å². The molecule has 690 valence electrons. The van der Waals surface area contributed by atoms with E-state index in [2.05, 4.69) is 347 Å². The topological polar surface area (TPSA) is 172 Å². The van der Waals surface area contributed by atoms with Gasteiger partial charge in [0.25, 0.3) is 0 Å². The van der Waals surface area contributed by atoms with E-state index in [9.17, 15) is 19.9 Å². The van der Waals surface area contributed by atoms with E-state index >= 15 is 0 Å². The number of aryl methyl sites for hydroxylation is 1. The van der Waals surface area contributed by atoms with Crippen LogP contribution in [0.1, 0.15) is 255 Å². The summed E-state index contributed by atoms with van der Waals surface area (Å²) in [6, 6.07) is 51.2. The first-order valence-corrected chi connectivity index (χ1v) is 47.7. The largest absolute Gasteiger partial charge is 0.495 e. The van der Waals surface area contributed by atoms with Crippen molar-refractivity contribution in [3.05, 3.63) is 199 Å². The van der Waals surface area contributed by atoms with Gasteiger partial charge in [0.2, 0.25) is 0 Å². The monoisotopic (exact) mass is 1740 g/mol. The van der Waals surface area contributed by atoms with Crippen molar-refractivity contribution < 1.29 is 19.3 Å². The lowest BCUT2D eigenvalue weighted by molar-refractivity contribution is 0.233. The van der Waals surface area contributed by atoms with Gasteiger partial charge in [0.05, 0.1) is 53.7 Å². The molecular formula is C105H163ClFN15O3. The molecule has 0 aliphatic carbocycles. The van der Waals surface area contributed by atoms with Gasteiger partial charge in [-0.05, 0) is 222 Å². The number of hydrogen-bond donors (Lipinski definition) is 8. The maximum absolute atomic E-state index is 14.1. The second kappa shape index (κ2) is 50.3. The van der Waals surface area contributed by atoms with Crippen molar-refractivity contribution in [3.63, 3.8) is 0 Å². The first kappa shape index (κ1) is 103. The fourth-order valence-electron chi connectivity index (χ4n) is 17.5. The van der Waals surface area contributed by atoms with Gasteiger partial charge in [-0.2, -0.15) is 5.26 Å². The molecule has 0 saturated carbocycles. The molecule has 7 aromatic rings. The molecule has 125 heavy (non-hydrogen) atoms. The zero-order valence-corrected chi connectivity index (χ0v) is 82.2. The predicted octanol–water partition coefficient (Wildman–Crippen LogP) is 19.0. The molecule has 7 heterocycles. The second-order valence-electron chi connectivity index (χ2n) is 38.3. The summed E-state index contributed by atoms with van der Waals surface area (Å²) >= 11 is 6.41. The lowest BCUT2D eigenvalue weighted by Crippen LogP contribution is -2.54. The fourth-order valence-corrected chi connectivity index (χ4v) is 17.8. The number of piperazine rings is 7. The normalized spacial score (nSPS) is 21.2. The molecule has 18 nitrogen and oxygen atoms in total. The van der Waals surface area contributed by atoms with Crippen molar-refractivity contribution in [2.24, 2.45) is 0 Å². The predicted molar refractivity (Wildman–Crippen MR) is 534 cm³/mol. The zero-order valence-electron chi connectivity index (χ0n) is 81.4. The van der Waals surface area contributed by atoms with Gasteiger partial charge in [-0.25, -0.2) is 4.39 Å². The minimum Gasteiger partial charge on any atom is -0.495 e. The molecule has 0 radical (unpaired) electrons. The zero-order chi connectivity index (χ0) is 91.5. The molecule has 7 fully saturated rings. The van der Waals surface area contributed by atoms with Gasteiger partial charge in [-0.15, -0.1) is 0 Å². The van der Waals surface area contributed by atoms with Gasteiger partial charge in [-0.1, -0.05) is 169 Å². The number of nitrogens with one attached hydrogen (secondary N) is 6. The summed E-state index contributed by atoms with van der Waals surface area (Å²) in [7, 11) is 3.94. The number of likely N-dealkylation sites (N-methyl/N-ethyl adjacent to an activating group) is 1. The average Bonchev–Trinajstić information content (AvgIpc) is 0.820. The molecule has 20 heteroatoms. The number of anilines is 7. The first-order chi connectivity index (χ1) is 59.6. The van der Waals surface area contributed by atoms with Crippen LogP contribution in [0.2, 0.25) is 5.02 Å². The van der Waals surface area contributed by atoms with Gasteiger partial charge in [-0.3, -0.25) is 0 Å². The molecule has 8 N–H and O–H groups in total. The van der Waals surface area contributed by atoms with Crippen molar-refractivity contribution in [2.75, 3.05) is 179 Å². The minimum absolute atomic E-state index is 0.0926. The van der Waals surface area contributed by atoms with Crippen molar-refractivity contribution in [1.29, 1.82) is 5.26 Å². The summed E-state index contributed by atoms with van der Waals surface area (Å²) in [6.07, 6.45) is 0. The Labute approximate surface area is 761 Å². The third-order valence-corrected chi connectivity index (χ3v) is 26.5. The number of aliphatic hydroxyl groups excluding tert-OH is 2. The number of nitriles is 1. The van der Waals surface area contributed by atoms with Crippen LogP contribution in [0.25, 0.3) is 0 Å². The van der Waals surface area contributed by atoms with Crippen LogP contribution in [-0.2, 0) is 13.2 Å². The minimum atomic E-state index is -0.0926. The van der Waals surface area contributed by atoms with Crippen molar-refractivity contribution >= 4 is 51.4 Å². The summed E-state index contributed by atoms with van der Waals surface area (Å²) in [5.41, 5.74) is 21.3. The van der Waals surface area contributed by atoms with E-state index in [1.165, 1.54) is 67.4 Å². The standard InChI is InChI=1S/2C16H26N2O.C15H21N3.C15H24N2O.C15H24N2.C14H21ClN2.C14H21FN2/c1-11(2)14-5-6-16(15(7-14)10-19)18-9-12(3)17-8-13(18)4;1-12(2)14-5-6-16(15(9-14)11-19)18-8-7-17(4)13(3)10-18;1-11(2)13-4-5-15(14(8-13)9-16)18-7-6-17-10-12(18)3;1-11(2)13-5-6-14(15(9-13)18-4)17-8-7-16-10-12(17)3;1-11(2)14-5-6-15(12(3)9-14)17-8-7-16-10-13(17)4;2*1-10(2)12-4-5-14(13(15)8-12)17-7-6-16-9-11(17)3/h5-7,11-13,17,19H,8-10H2,1-4H3;5-6,9,12-13,19H,7-8,10-11H2,1-4H3;4-5,8,11-12,17H,6-7,10H2,1-3H3;5-6,9,11-12,16H,7-8,10H2,1-4H3;5-6,9,11,13,16H,7-8,10H2,1-4H3;2*4-5,8,10-11,16H,6-7,9H2,1-3H3/t12-,13+;13-;2*12-;13-;2*11-/m0100000/s1. The van der Waals surface area contributed by atoms with Crippen molar-refractivity contribution in [3.8, 4) is 11.8 Å². The summed E-state index contributed by atoms with van der Waals surface area (Å²) in [4.78, 5) is 19.0. The number of ether oxygens (including phenoxy) is 1. The van der Waals surface area contributed by atoms with Crippen LogP contribution in [0.3, 0.4) is 0 Å². The Hall–Kier alpha value is -7.71. The highest BCUT2D eigenvalue weighted by Crippen LogP contribution is 2.37. The SMILES string of the molecule is CC(C)c1ccc(N2CCN(C)[C@H](C)C2)c(CO)c1.CC(C)c1ccc(N2CCNC[C@@H]2C)c(C#N)c1.CC(C)c1ccc(N2CCNC[C@@H]2C)c(Cl)c1.CC(C)c1ccc(N2CCNC[C@@H]2C)c(F)c1.CC(C)c1ccc(N2C[C@H](C)NC[C@H]2C)c(CO)c1.COc1cc(C(C)C)ccc1N1CCNC[C@@H]1C.Cc1cc(C(C)C)ccc1N1CCNC[C@@H]1C. The summed E-state index contributed by atoms with van der Waals surface area (Å²) < 4.78 is 19.7. The van der Waals surface area contributed by atoms with Crippen LogP contribution in [0.4, 0.5) is 44.2 Å². The number of benzene rings is 7. The molecule has 7 aliphatic heterocycles. The number of rotatable bonds is 17. The first-order valence-electron chi connectivity index (χ1n) is 47.3. The number of nitrogens with zero attached hydrogens (tertiary/aromatic N) is 9. The quantitative estimate of drug-likeness (QED) is 0.0433. The third-order valence-electron chi connectivity index (χ3n) is 26.2. The molecule has 0 unspecified atom stereocenters. The molecule has 0 aromatic heterocycles. The molecule has 7 aliphatic rings. The molecule has 7 aromatic carbocycles. The molecule has 0 spiro atoms. The van der Waals surface area contributed by atoms with Gasteiger partial charge >= 0.3 is 0 Å². The summed E-state index contributed by atoms with van der Waals surface area (Å²) in [5.74, 6) is 4.42. The Bertz CT molecular complexity index is 4270. The Kier molecular flexibility index (Phi) is 41.3. The van der Waals surface area contributed by atoms with Crippen LogP contribution in [0.15, 0.2) is 127 Å². The Balaban J connectivity index is 0.000000181. The smallest absolute Gasteiger partial charge is 0.146 e. The number of hydrogen-bond acceptors (Lipinski definition) is 18. The van der Waals surface area contributed by atoms with Crippen LogP contribution in [-0.4, -0.2) is 209 Å². The lowest BCUT2D eigenvalue weighted by Gasteiger charge is -2.40. The highest BCUT2D eigenvalue weighted by molar-refractivity contribution is 6.33. The van der Waals surface area contributed by atoms with Crippen LogP contribution >= 0.6 is 11.6 Å². The summed E-state index contributed by atoms with van der Waals surface area (Å²) in [5, 5.41) is 50.0. The van der Waals surface area contributed by atoms with Crippen LogP contribution < -0.4 is 70.9 Å². The van der Waals surface area contributed by atoms with Gasteiger partial charge in [0.15, 0.2) is 0 Å². The average molecular weight is 1740 g/mol. The maximum atomic E-state index is 14.1. The lowest BCUT2D eigenvalue weighted by atomic mass is 9.98. The van der Waals surface area contributed by atoms with E-state index in [0.29, 0.717) is 89.8 Å². The number of halogens is 2. The molecule has 7 saturated heterocycles. The van der Waals surface area contributed by atoms with E-state index in [1.807, 2.05) is 18.2 Å². The highest BCUT2D eigenvalue weighted by Gasteiger charge is 2.30. The van der Waals surface area contributed by atoms with Gasteiger partial charge < -0.3 is 86.0 Å². The third kappa shape index (κ3) is 29.1. The molecule has 0 amide bonds. The van der Waals surface area contributed by atoms with Gasteiger partial charge in [0.1, 0.15) is 17.6 Å². The summed E-state index contributed by atoms with van der Waals surface area (Å²) in [6.45, 7) is 71.1. The van der Waals surface area contributed by atoms with Gasteiger partial charge in [0, 0.05) is 207 Å². The highest BCUT2D eigenvalue weighted by atomic mass is 35.5. The van der Waals surface area contributed by atoms with E-state index in [0.717, 1.165) is 175 Å². The van der Waals surface area contributed by atoms with E-state index < -0.39 is 0 Å². The van der Waals surface area contributed by atoms with E-state index in [1.54, 1.807) is 13.2 Å². The number of aliphatic hydroxyl groups is 2. The molecule has 0 bridgehead atoms. The second-order valence-corrected chi connectivity index (χ2v) is 38.7. The van der Waals surface area contributed by atoms with Crippen molar-refractivity contribution in [2.45, 2.75) is 262 Å². The Morgan fingerprint density at radius 1 is 0.392 bits per heavy atom. The van der Waals surface area contributed by atoms with Crippen LogP contribution in [0, 0.1) is 24.1 Å². The molecular weight excluding hydrogens is 1570 g/mol. The van der Waals surface area contributed by atoms with E-state index in [4.69, 9.17) is 16.3 Å².